The largest absolute Gasteiger partial charge is 0.393 e. The van der Waals surface area contributed by atoms with Gasteiger partial charge in [-0.1, -0.05) is 23.2 Å². The number of halogens is 2. The average molecular weight is 276 g/mol. The van der Waals surface area contributed by atoms with Crippen LogP contribution in [0.15, 0.2) is 12.1 Å². The molecule has 1 amide bonds. The van der Waals surface area contributed by atoms with Crippen LogP contribution in [0.3, 0.4) is 0 Å². The number of aliphatic hydroxyl groups is 1. The van der Waals surface area contributed by atoms with Gasteiger partial charge in [-0.15, -0.1) is 0 Å². The Labute approximate surface area is 111 Å². The molecule has 1 aromatic rings. The van der Waals surface area contributed by atoms with E-state index in [0.29, 0.717) is 22.2 Å². The monoisotopic (exact) mass is 275 g/mol. The Balaban J connectivity index is 2.68. The molecule has 3 nitrogen and oxygen atoms in total. The summed E-state index contributed by atoms with van der Waals surface area (Å²) >= 11 is 11.9. The van der Waals surface area contributed by atoms with E-state index in [1.807, 2.05) is 6.92 Å². The molecule has 0 saturated carbocycles. The third-order valence-electron chi connectivity index (χ3n) is 2.31. The van der Waals surface area contributed by atoms with E-state index < -0.39 is 6.10 Å². The molecule has 17 heavy (non-hydrogen) atoms. The average Bonchev–Trinajstić information content (AvgIpc) is 2.23. The molecule has 2 N–H and O–H groups in total. The van der Waals surface area contributed by atoms with Gasteiger partial charge in [0.1, 0.15) is 0 Å². The Morgan fingerprint density at radius 1 is 1.41 bits per heavy atom. The van der Waals surface area contributed by atoms with Gasteiger partial charge in [0, 0.05) is 11.4 Å². The minimum Gasteiger partial charge on any atom is -0.393 e. The Morgan fingerprint density at radius 2 is 2.06 bits per heavy atom. The fourth-order valence-corrected chi connectivity index (χ4v) is 1.72. The lowest BCUT2D eigenvalue weighted by atomic mass is 10.2. The number of benzene rings is 1. The molecule has 0 aliphatic heterocycles. The smallest absolute Gasteiger partial charge is 0.224 e. The van der Waals surface area contributed by atoms with E-state index in [0.717, 1.165) is 5.56 Å². The number of anilines is 1. The molecule has 1 atom stereocenters. The fraction of sp³-hybridized carbons (Fsp3) is 0.417. The molecule has 0 aromatic heterocycles. The van der Waals surface area contributed by atoms with Gasteiger partial charge in [0.25, 0.3) is 0 Å². The number of rotatable bonds is 4. The highest BCUT2D eigenvalue weighted by Crippen LogP contribution is 2.28. The molecule has 5 heteroatoms. The van der Waals surface area contributed by atoms with Gasteiger partial charge in [0.05, 0.1) is 16.8 Å². The summed E-state index contributed by atoms with van der Waals surface area (Å²) in [6, 6.07) is 3.33. The number of amides is 1. The zero-order valence-corrected chi connectivity index (χ0v) is 11.3. The number of nitrogens with one attached hydrogen (secondary N) is 1. The number of hydrogen-bond acceptors (Lipinski definition) is 2. The topological polar surface area (TPSA) is 49.3 Å². The van der Waals surface area contributed by atoms with Crippen LogP contribution in [-0.4, -0.2) is 17.1 Å². The molecule has 0 radical (unpaired) electrons. The highest BCUT2D eigenvalue weighted by atomic mass is 35.5. The number of carbonyl (C=O) groups is 1. The van der Waals surface area contributed by atoms with Crippen molar-refractivity contribution in [3.05, 3.63) is 27.7 Å². The zero-order chi connectivity index (χ0) is 13.0. The standard InChI is InChI=1S/C12H15Cl2NO2/c1-7-5-10(14)11(6-9(7)13)15-12(17)4-3-8(2)16/h5-6,8,16H,3-4H2,1-2H3,(H,15,17). The maximum absolute atomic E-state index is 11.5. The summed E-state index contributed by atoms with van der Waals surface area (Å²) in [5.74, 6) is -0.187. The van der Waals surface area contributed by atoms with Crippen LogP contribution in [0.1, 0.15) is 25.3 Å². The van der Waals surface area contributed by atoms with Crippen molar-refractivity contribution < 1.29 is 9.90 Å². The first kappa shape index (κ1) is 14.3. The quantitative estimate of drug-likeness (QED) is 0.885. The van der Waals surface area contributed by atoms with Crippen molar-refractivity contribution in [2.45, 2.75) is 32.8 Å². The molecule has 0 fully saturated rings. The molecule has 1 rings (SSSR count). The maximum atomic E-state index is 11.5. The Bertz CT molecular complexity index is 419. The van der Waals surface area contributed by atoms with Crippen LogP contribution in [0.25, 0.3) is 0 Å². The third-order valence-corrected chi connectivity index (χ3v) is 3.03. The van der Waals surface area contributed by atoms with E-state index in [1.165, 1.54) is 0 Å². The first-order valence-corrected chi connectivity index (χ1v) is 6.09. The van der Waals surface area contributed by atoms with Crippen molar-refractivity contribution in [3.8, 4) is 0 Å². The molecule has 94 valence electrons. The lowest BCUT2D eigenvalue weighted by Gasteiger charge is -2.10. The van der Waals surface area contributed by atoms with Crippen LogP contribution < -0.4 is 5.32 Å². The van der Waals surface area contributed by atoms with E-state index in [-0.39, 0.29) is 12.3 Å². The second kappa shape index (κ2) is 6.24. The molecule has 1 unspecified atom stereocenters. The van der Waals surface area contributed by atoms with E-state index in [9.17, 15) is 4.79 Å². The van der Waals surface area contributed by atoms with E-state index in [1.54, 1.807) is 19.1 Å². The van der Waals surface area contributed by atoms with Crippen LogP contribution in [0.2, 0.25) is 10.0 Å². The molecular weight excluding hydrogens is 261 g/mol. The SMILES string of the molecule is Cc1cc(Cl)c(NC(=O)CCC(C)O)cc1Cl. The zero-order valence-electron chi connectivity index (χ0n) is 9.76. The Kier molecular flexibility index (Phi) is 5.25. The number of aryl methyl sites for hydroxylation is 1. The Morgan fingerprint density at radius 3 is 2.65 bits per heavy atom. The van der Waals surface area contributed by atoms with Gasteiger partial charge in [0.15, 0.2) is 0 Å². The van der Waals surface area contributed by atoms with Gasteiger partial charge in [-0.25, -0.2) is 0 Å². The Hall–Kier alpha value is -0.770. The van der Waals surface area contributed by atoms with Gasteiger partial charge in [-0.05, 0) is 38.0 Å². The predicted octanol–water partition coefficient (Wildman–Crippen LogP) is 3.40. The van der Waals surface area contributed by atoms with Crippen molar-refractivity contribution >= 4 is 34.8 Å². The lowest BCUT2D eigenvalue weighted by molar-refractivity contribution is -0.116. The molecule has 0 saturated heterocycles. The van der Waals surface area contributed by atoms with Gasteiger partial charge >= 0.3 is 0 Å². The summed E-state index contributed by atoms with van der Waals surface area (Å²) < 4.78 is 0. The normalized spacial score (nSPS) is 12.3. The van der Waals surface area contributed by atoms with Gasteiger partial charge in [-0.2, -0.15) is 0 Å². The highest BCUT2D eigenvalue weighted by Gasteiger charge is 2.09. The molecule has 0 spiro atoms. The van der Waals surface area contributed by atoms with E-state index in [4.69, 9.17) is 28.3 Å². The first-order chi connectivity index (χ1) is 7.90. The summed E-state index contributed by atoms with van der Waals surface area (Å²) in [5.41, 5.74) is 1.36. The van der Waals surface area contributed by atoms with Crippen LogP contribution in [0.5, 0.6) is 0 Å². The minimum atomic E-state index is -0.488. The van der Waals surface area contributed by atoms with Crippen molar-refractivity contribution in [1.82, 2.24) is 0 Å². The first-order valence-electron chi connectivity index (χ1n) is 5.33. The molecule has 1 aromatic carbocycles. The number of aliphatic hydroxyl groups excluding tert-OH is 1. The van der Waals surface area contributed by atoms with Crippen LogP contribution >= 0.6 is 23.2 Å². The van der Waals surface area contributed by atoms with Crippen LogP contribution in [0.4, 0.5) is 5.69 Å². The second-order valence-electron chi connectivity index (χ2n) is 4.02. The third kappa shape index (κ3) is 4.54. The van der Waals surface area contributed by atoms with Crippen LogP contribution in [0, 0.1) is 6.92 Å². The van der Waals surface area contributed by atoms with Crippen molar-refractivity contribution in [3.63, 3.8) is 0 Å². The fourth-order valence-electron chi connectivity index (χ4n) is 1.29. The van der Waals surface area contributed by atoms with Gasteiger partial charge in [0.2, 0.25) is 5.91 Å². The summed E-state index contributed by atoms with van der Waals surface area (Å²) in [6.07, 6.45) is 0.181. The second-order valence-corrected chi connectivity index (χ2v) is 4.83. The van der Waals surface area contributed by atoms with Crippen molar-refractivity contribution in [1.29, 1.82) is 0 Å². The molecule has 0 heterocycles. The van der Waals surface area contributed by atoms with Crippen molar-refractivity contribution in [2.24, 2.45) is 0 Å². The number of carbonyl (C=O) groups excluding carboxylic acids is 1. The van der Waals surface area contributed by atoms with Crippen molar-refractivity contribution in [2.75, 3.05) is 5.32 Å². The highest BCUT2D eigenvalue weighted by molar-refractivity contribution is 6.36. The van der Waals surface area contributed by atoms with Gasteiger partial charge < -0.3 is 10.4 Å². The maximum Gasteiger partial charge on any atom is 0.224 e. The summed E-state index contributed by atoms with van der Waals surface area (Å²) in [7, 11) is 0. The van der Waals surface area contributed by atoms with E-state index >= 15 is 0 Å². The predicted molar refractivity (Wildman–Crippen MR) is 70.7 cm³/mol. The van der Waals surface area contributed by atoms with E-state index in [2.05, 4.69) is 5.32 Å². The lowest BCUT2D eigenvalue weighted by Crippen LogP contribution is -2.14. The number of hydrogen-bond donors (Lipinski definition) is 2. The summed E-state index contributed by atoms with van der Waals surface area (Å²) in [5, 5.41) is 12.8. The minimum absolute atomic E-state index is 0.187. The summed E-state index contributed by atoms with van der Waals surface area (Å²) in [6.45, 7) is 3.48. The van der Waals surface area contributed by atoms with Gasteiger partial charge in [-0.3, -0.25) is 4.79 Å². The summed E-state index contributed by atoms with van der Waals surface area (Å²) in [4.78, 5) is 11.5. The molecule has 0 bridgehead atoms. The molecule has 0 aliphatic carbocycles. The van der Waals surface area contributed by atoms with Crippen LogP contribution in [-0.2, 0) is 4.79 Å². The molecular formula is C12H15Cl2NO2. The molecule has 0 aliphatic rings.